The van der Waals surface area contributed by atoms with E-state index < -0.39 is 0 Å². The molecule has 2 saturated heterocycles. The average Bonchev–Trinajstić information content (AvgIpc) is 2.72. The number of hydrogen-bond acceptors (Lipinski definition) is 3. The lowest BCUT2D eigenvalue weighted by molar-refractivity contribution is 0.0275. The molecule has 3 nitrogen and oxygen atoms in total. The lowest BCUT2D eigenvalue weighted by atomic mass is 10.0. The predicted molar refractivity (Wildman–Crippen MR) is 68.5 cm³/mol. The van der Waals surface area contributed by atoms with Crippen molar-refractivity contribution in [3.8, 4) is 0 Å². The average molecular weight is 225 g/mol. The number of rotatable bonds is 4. The quantitative estimate of drug-likeness (QED) is 0.782. The van der Waals surface area contributed by atoms with Gasteiger partial charge in [0.2, 0.25) is 0 Å². The van der Waals surface area contributed by atoms with Crippen LogP contribution >= 0.6 is 0 Å². The van der Waals surface area contributed by atoms with Crippen molar-refractivity contribution in [3.05, 3.63) is 0 Å². The summed E-state index contributed by atoms with van der Waals surface area (Å²) in [6, 6.07) is 2.12. The second-order valence-electron chi connectivity index (χ2n) is 5.52. The zero-order valence-corrected chi connectivity index (χ0v) is 10.9. The normalized spacial score (nSPS) is 33.9. The second-order valence-corrected chi connectivity index (χ2v) is 5.52. The van der Waals surface area contributed by atoms with Gasteiger partial charge in [-0.15, -0.1) is 0 Å². The van der Waals surface area contributed by atoms with Crippen molar-refractivity contribution >= 4 is 0 Å². The Bertz CT molecular complexity index is 219. The van der Waals surface area contributed by atoms with Crippen LogP contribution in [0.3, 0.4) is 0 Å². The van der Waals surface area contributed by atoms with Crippen LogP contribution < -0.4 is 5.73 Å². The largest absolute Gasteiger partial charge is 0.329 e. The highest BCUT2D eigenvalue weighted by Crippen LogP contribution is 2.26. The first kappa shape index (κ1) is 12.3. The topological polar surface area (TPSA) is 32.5 Å². The zero-order valence-electron chi connectivity index (χ0n) is 10.9. The molecule has 0 aliphatic carbocycles. The van der Waals surface area contributed by atoms with Crippen LogP contribution in [0.1, 0.15) is 39.5 Å². The summed E-state index contributed by atoms with van der Waals surface area (Å²) in [7, 11) is 0. The maximum atomic E-state index is 5.93. The van der Waals surface area contributed by atoms with Gasteiger partial charge in [0, 0.05) is 37.8 Å². The van der Waals surface area contributed by atoms with Gasteiger partial charge in [-0.05, 0) is 32.7 Å². The van der Waals surface area contributed by atoms with Crippen molar-refractivity contribution in [3.63, 3.8) is 0 Å². The Hall–Kier alpha value is -0.120. The molecule has 3 atom stereocenters. The van der Waals surface area contributed by atoms with E-state index in [1.54, 1.807) is 0 Å². The van der Waals surface area contributed by atoms with E-state index in [2.05, 4.69) is 23.6 Å². The van der Waals surface area contributed by atoms with Crippen molar-refractivity contribution in [2.24, 2.45) is 5.73 Å². The number of nitrogens with two attached hydrogens (primary N) is 1. The van der Waals surface area contributed by atoms with Gasteiger partial charge >= 0.3 is 0 Å². The molecule has 2 N–H and O–H groups in total. The molecule has 2 heterocycles. The lowest BCUT2D eigenvalue weighted by Crippen LogP contribution is -2.59. The molecule has 0 aromatic rings. The van der Waals surface area contributed by atoms with Crippen molar-refractivity contribution in [2.75, 3.05) is 26.2 Å². The van der Waals surface area contributed by atoms with Crippen LogP contribution in [0.2, 0.25) is 0 Å². The Morgan fingerprint density at radius 1 is 1.38 bits per heavy atom. The van der Waals surface area contributed by atoms with Crippen molar-refractivity contribution in [1.82, 2.24) is 9.80 Å². The molecule has 0 aromatic heterocycles. The zero-order chi connectivity index (χ0) is 11.5. The first-order chi connectivity index (χ1) is 7.76. The fraction of sp³-hybridized carbons (Fsp3) is 1.00. The maximum Gasteiger partial charge on any atom is 0.0224 e. The van der Waals surface area contributed by atoms with Crippen LogP contribution in [-0.2, 0) is 0 Å². The number of piperazine rings is 1. The van der Waals surface area contributed by atoms with Gasteiger partial charge in [0.25, 0.3) is 0 Å². The highest BCUT2D eigenvalue weighted by molar-refractivity contribution is 4.93. The summed E-state index contributed by atoms with van der Waals surface area (Å²) in [6.45, 7) is 9.29. The van der Waals surface area contributed by atoms with Gasteiger partial charge < -0.3 is 5.73 Å². The van der Waals surface area contributed by atoms with Crippen LogP contribution in [0.15, 0.2) is 0 Å². The molecule has 0 aromatic carbocycles. The van der Waals surface area contributed by atoms with Crippen molar-refractivity contribution < 1.29 is 0 Å². The number of hydrogen-bond donors (Lipinski definition) is 1. The molecule has 2 aliphatic heterocycles. The molecular formula is C13H27N3. The molecule has 2 fully saturated rings. The van der Waals surface area contributed by atoms with Crippen molar-refractivity contribution in [1.29, 1.82) is 0 Å². The van der Waals surface area contributed by atoms with E-state index in [0.717, 1.165) is 12.6 Å². The Kier molecular flexibility index (Phi) is 4.22. The summed E-state index contributed by atoms with van der Waals surface area (Å²) in [6.07, 6.45) is 5.30. The summed E-state index contributed by atoms with van der Waals surface area (Å²) in [4.78, 5) is 5.36. The highest BCUT2D eigenvalue weighted by Gasteiger charge is 2.36. The van der Waals surface area contributed by atoms with E-state index in [-0.39, 0.29) is 0 Å². The minimum absolute atomic E-state index is 0.614. The maximum absolute atomic E-state index is 5.93. The molecule has 0 bridgehead atoms. The van der Waals surface area contributed by atoms with E-state index in [9.17, 15) is 0 Å². The standard InChI is InChI=1S/C13H27N3/c1-3-5-12(8-14)16-10-13-6-4-7-15(13)9-11(16)2/h11-13H,3-10,14H2,1-2H3. The molecule has 2 rings (SSSR count). The molecule has 16 heavy (non-hydrogen) atoms. The Morgan fingerprint density at radius 2 is 2.19 bits per heavy atom. The number of nitrogens with zero attached hydrogens (tertiary/aromatic N) is 2. The molecule has 3 heteroatoms. The van der Waals surface area contributed by atoms with Crippen LogP contribution in [-0.4, -0.2) is 54.1 Å². The molecule has 0 spiro atoms. The van der Waals surface area contributed by atoms with Gasteiger partial charge in [0.1, 0.15) is 0 Å². The van der Waals surface area contributed by atoms with Crippen LogP contribution in [0.5, 0.6) is 0 Å². The molecule has 0 saturated carbocycles. The van der Waals surface area contributed by atoms with E-state index >= 15 is 0 Å². The molecule has 3 unspecified atom stereocenters. The fourth-order valence-corrected chi connectivity index (χ4v) is 3.47. The first-order valence-corrected chi connectivity index (χ1v) is 6.96. The van der Waals surface area contributed by atoms with Crippen molar-refractivity contribution in [2.45, 2.75) is 57.7 Å². The molecule has 0 radical (unpaired) electrons. The van der Waals surface area contributed by atoms with Gasteiger partial charge in [-0.25, -0.2) is 0 Å². The van der Waals surface area contributed by atoms with Gasteiger partial charge in [0.05, 0.1) is 0 Å². The van der Waals surface area contributed by atoms with E-state index in [4.69, 9.17) is 5.73 Å². The van der Waals surface area contributed by atoms with E-state index in [0.29, 0.717) is 12.1 Å². The van der Waals surface area contributed by atoms with Gasteiger partial charge in [-0.1, -0.05) is 13.3 Å². The molecule has 0 amide bonds. The Balaban J connectivity index is 1.97. The third kappa shape index (κ3) is 2.41. The summed E-state index contributed by atoms with van der Waals surface area (Å²) in [5.74, 6) is 0. The van der Waals surface area contributed by atoms with Crippen LogP contribution in [0.4, 0.5) is 0 Å². The van der Waals surface area contributed by atoms with Gasteiger partial charge in [0.15, 0.2) is 0 Å². The van der Waals surface area contributed by atoms with Crippen LogP contribution in [0.25, 0.3) is 0 Å². The Morgan fingerprint density at radius 3 is 2.88 bits per heavy atom. The van der Waals surface area contributed by atoms with Crippen LogP contribution in [0, 0.1) is 0 Å². The lowest BCUT2D eigenvalue weighted by Gasteiger charge is -2.46. The summed E-state index contributed by atoms with van der Waals surface area (Å²) in [5, 5.41) is 0. The van der Waals surface area contributed by atoms with E-state index in [1.807, 2.05) is 0 Å². The molecule has 2 aliphatic rings. The summed E-state index contributed by atoms with van der Waals surface area (Å²) in [5.41, 5.74) is 5.93. The minimum atomic E-state index is 0.614. The first-order valence-electron chi connectivity index (χ1n) is 6.96. The fourth-order valence-electron chi connectivity index (χ4n) is 3.47. The third-order valence-electron chi connectivity index (χ3n) is 4.35. The summed E-state index contributed by atoms with van der Waals surface area (Å²) >= 11 is 0. The van der Waals surface area contributed by atoms with Gasteiger partial charge in [-0.2, -0.15) is 0 Å². The molecular weight excluding hydrogens is 198 g/mol. The third-order valence-corrected chi connectivity index (χ3v) is 4.35. The second kappa shape index (κ2) is 5.48. The highest BCUT2D eigenvalue weighted by atomic mass is 15.3. The smallest absolute Gasteiger partial charge is 0.0224 e. The molecule has 94 valence electrons. The SMILES string of the molecule is CCCC(CN)N1CC2CCCN2CC1C. The van der Waals surface area contributed by atoms with Gasteiger partial charge in [-0.3, -0.25) is 9.80 Å². The minimum Gasteiger partial charge on any atom is -0.329 e. The predicted octanol–water partition coefficient (Wildman–Crippen LogP) is 1.28. The Labute approximate surface area is 100.0 Å². The summed E-state index contributed by atoms with van der Waals surface area (Å²) < 4.78 is 0. The monoisotopic (exact) mass is 225 g/mol. The van der Waals surface area contributed by atoms with E-state index in [1.165, 1.54) is 45.3 Å². The number of fused-ring (bicyclic) bond motifs is 1.